The fraction of sp³-hybridized carbons (Fsp3) is 0.929. The van der Waals surface area contributed by atoms with Gasteiger partial charge in [0.25, 0.3) is 0 Å². The number of nitrogens with two attached hydrogens (primary N) is 1. The van der Waals surface area contributed by atoms with E-state index in [-0.39, 0.29) is 24.0 Å². The van der Waals surface area contributed by atoms with Gasteiger partial charge in [-0.3, -0.25) is 9.69 Å². The normalized spacial score (nSPS) is 33.1. The number of amides is 1. The minimum Gasteiger partial charge on any atom is -0.374 e. The Kier molecular flexibility index (Phi) is 5.60. The molecule has 1 aliphatic carbocycles. The van der Waals surface area contributed by atoms with Crippen LogP contribution in [0.5, 0.6) is 0 Å². The summed E-state index contributed by atoms with van der Waals surface area (Å²) in [6, 6.07) is 0.0353. The van der Waals surface area contributed by atoms with Crippen LogP contribution in [0.3, 0.4) is 0 Å². The van der Waals surface area contributed by atoms with Gasteiger partial charge in [-0.05, 0) is 19.4 Å². The van der Waals surface area contributed by atoms with Crippen molar-refractivity contribution in [3.8, 4) is 0 Å². The maximum Gasteiger partial charge on any atom is 0.224 e. The number of carbonyl (C=O) groups excluding carboxylic acids is 1. The number of nitrogens with one attached hydrogen (secondary N) is 1. The van der Waals surface area contributed by atoms with Gasteiger partial charge in [0.05, 0.1) is 18.6 Å². The lowest BCUT2D eigenvalue weighted by molar-refractivity contribution is -0.127. The Labute approximate surface area is 115 Å². The molecule has 0 spiro atoms. The minimum atomic E-state index is -0.000353. The molecule has 3 atom stereocenters. The van der Waals surface area contributed by atoms with E-state index >= 15 is 0 Å². The van der Waals surface area contributed by atoms with Crippen molar-refractivity contribution in [3.05, 3.63) is 0 Å². The first kappa shape index (κ1) is 14.8. The summed E-state index contributed by atoms with van der Waals surface area (Å²) in [5.41, 5.74) is 6.03. The molecule has 0 radical (unpaired) electrons. The molecule has 1 aliphatic heterocycles. The maximum atomic E-state index is 12.1. The lowest BCUT2D eigenvalue weighted by Crippen LogP contribution is -2.50. The highest BCUT2D eigenvalue weighted by Crippen LogP contribution is 2.22. The molecule has 2 fully saturated rings. The quantitative estimate of drug-likeness (QED) is 0.772. The van der Waals surface area contributed by atoms with E-state index < -0.39 is 0 Å². The summed E-state index contributed by atoms with van der Waals surface area (Å²) in [6.07, 6.45) is 4.30. The molecule has 110 valence electrons. The van der Waals surface area contributed by atoms with Crippen molar-refractivity contribution in [1.29, 1.82) is 0 Å². The van der Waals surface area contributed by atoms with E-state index in [4.69, 9.17) is 10.5 Å². The van der Waals surface area contributed by atoms with Gasteiger partial charge < -0.3 is 15.8 Å². The molecule has 1 heterocycles. The van der Waals surface area contributed by atoms with Crippen LogP contribution in [-0.4, -0.2) is 55.7 Å². The van der Waals surface area contributed by atoms with Crippen molar-refractivity contribution in [1.82, 2.24) is 10.2 Å². The van der Waals surface area contributed by atoms with Crippen LogP contribution in [0.1, 0.15) is 32.6 Å². The molecular formula is C14H27N3O2. The molecular weight excluding hydrogens is 242 g/mol. The van der Waals surface area contributed by atoms with Crippen molar-refractivity contribution < 1.29 is 9.53 Å². The Morgan fingerprint density at radius 2 is 2.21 bits per heavy atom. The summed E-state index contributed by atoms with van der Waals surface area (Å²) in [7, 11) is 0. The highest BCUT2D eigenvalue weighted by molar-refractivity contribution is 5.79. The summed E-state index contributed by atoms with van der Waals surface area (Å²) < 4.78 is 5.69. The summed E-state index contributed by atoms with van der Waals surface area (Å²) in [5, 5.41) is 3.03. The van der Waals surface area contributed by atoms with E-state index in [1.54, 1.807) is 0 Å². The molecule has 1 amide bonds. The van der Waals surface area contributed by atoms with Crippen LogP contribution in [0.25, 0.3) is 0 Å². The molecule has 0 aromatic heterocycles. The van der Waals surface area contributed by atoms with Crippen molar-refractivity contribution in [2.24, 2.45) is 11.7 Å². The molecule has 1 saturated heterocycles. The highest BCUT2D eigenvalue weighted by Gasteiger charge is 2.29. The van der Waals surface area contributed by atoms with E-state index in [1.807, 2.05) is 0 Å². The zero-order valence-electron chi connectivity index (χ0n) is 11.9. The third kappa shape index (κ3) is 4.16. The minimum absolute atomic E-state index is 0.000353. The predicted octanol–water partition coefficient (Wildman–Crippen LogP) is 0.341. The highest BCUT2D eigenvalue weighted by atomic mass is 16.5. The van der Waals surface area contributed by atoms with Gasteiger partial charge in [-0.15, -0.1) is 0 Å². The van der Waals surface area contributed by atoms with Crippen LogP contribution in [0, 0.1) is 5.92 Å². The second-order valence-electron chi connectivity index (χ2n) is 5.69. The van der Waals surface area contributed by atoms with Crippen molar-refractivity contribution in [2.45, 2.75) is 44.8 Å². The number of nitrogens with zero attached hydrogens (tertiary/aromatic N) is 1. The average molecular weight is 269 g/mol. The van der Waals surface area contributed by atoms with Gasteiger partial charge in [0.1, 0.15) is 0 Å². The van der Waals surface area contributed by atoms with Crippen LogP contribution < -0.4 is 11.1 Å². The summed E-state index contributed by atoms with van der Waals surface area (Å²) in [6.45, 7) is 6.47. The van der Waals surface area contributed by atoms with Crippen molar-refractivity contribution in [2.75, 3.05) is 32.8 Å². The van der Waals surface area contributed by atoms with E-state index in [9.17, 15) is 4.79 Å². The van der Waals surface area contributed by atoms with E-state index in [0.29, 0.717) is 6.54 Å². The van der Waals surface area contributed by atoms with Crippen LogP contribution in [0.15, 0.2) is 0 Å². The number of likely N-dealkylation sites (N-methyl/N-ethyl adjacent to an activating group) is 1. The lowest BCUT2D eigenvalue weighted by atomic mass is 9.84. The largest absolute Gasteiger partial charge is 0.374 e. The van der Waals surface area contributed by atoms with Crippen molar-refractivity contribution >= 4 is 5.91 Å². The Balaban J connectivity index is 1.73. The van der Waals surface area contributed by atoms with Gasteiger partial charge in [0, 0.05) is 25.7 Å². The topological polar surface area (TPSA) is 67.6 Å². The first-order valence-corrected chi connectivity index (χ1v) is 7.58. The molecule has 0 aromatic carbocycles. The van der Waals surface area contributed by atoms with Crippen LogP contribution in [-0.2, 0) is 9.53 Å². The van der Waals surface area contributed by atoms with E-state index in [1.165, 1.54) is 0 Å². The zero-order valence-corrected chi connectivity index (χ0v) is 11.9. The number of carbonyl (C=O) groups is 1. The van der Waals surface area contributed by atoms with E-state index in [2.05, 4.69) is 17.1 Å². The van der Waals surface area contributed by atoms with Gasteiger partial charge in [-0.25, -0.2) is 0 Å². The summed E-state index contributed by atoms with van der Waals surface area (Å²) in [4.78, 5) is 14.5. The first-order valence-electron chi connectivity index (χ1n) is 7.58. The lowest BCUT2D eigenvalue weighted by Gasteiger charge is -2.33. The predicted molar refractivity (Wildman–Crippen MR) is 74.8 cm³/mol. The first-order chi connectivity index (χ1) is 9.20. The van der Waals surface area contributed by atoms with Gasteiger partial charge in [0.2, 0.25) is 5.91 Å². The van der Waals surface area contributed by atoms with Crippen LogP contribution in [0.4, 0.5) is 0 Å². The molecule has 1 saturated carbocycles. The Morgan fingerprint density at radius 1 is 1.42 bits per heavy atom. The molecule has 19 heavy (non-hydrogen) atoms. The Morgan fingerprint density at radius 3 is 2.95 bits per heavy atom. The SMILES string of the molecule is CCN1CCOC(CNC(=O)C2CCCCC2N)C1. The van der Waals surface area contributed by atoms with Crippen LogP contribution in [0.2, 0.25) is 0 Å². The molecule has 5 nitrogen and oxygen atoms in total. The zero-order chi connectivity index (χ0) is 13.7. The van der Waals surface area contributed by atoms with Gasteiger partial charge in [0.15, 0.2) is 0 Å². The summed E-state index contributed by atoms with van der Waals surface area (Å²) in [5.74, 6) is 0.115. The standard InChI is InChI=1S/C14H27N3O2/c1-2-17-7-8-19-11(10-17)9-16-14(18)12-5-3-4-6-13(12)15/h11-13H,2-10,15H2,1H3,(H,16,18). The smallest absolute Gasteiger partial charge is 0.224 e. The van der Waals surface area contributed by atoms with Crippen LogP contribution >= 0.6 is 0 Å². The fourth-order valence-electron chi connectivity index (χ4n) is 3.02. The number of ether oxygens (including phenoxy) is 1. The van der Waals surface area contributed by atoms with Gasteiger partial charge >= 0.3 is 0 Å². The fourth-order valence-corrected chi connectivity index (χ4v) is 3.02. The summed E-state index contributed by atoms with van der Waals surface area (Å²) >= 11 is 0. The number of morpholine rings is 1. The molecule has 2 rings (SSSR count). The van der Waals surface area contributed by atoms with Crippen molar-refractivity contribution in [3.63, 3.8) is 0 Å². The average Bonchev–Trinajstić information content (AvgIpc) is 2.45. The third-order valence-corrected chi connectivity index (χ3v) is 4.33. The molecule has 2 aliphatic rings. The molecule has 3 N–H and O–H groups in total. The van der Waals surface area contributed by atoms with Gasteiger partial charge in [-0.2, -0.15) is 0 Å². The van der Waals surface area contributed by atoms with E-state index in [0.717, 1.165) is 51.9 Å². The molecule has 5 heteroatoms. The second kappa shape index (κ2) is 7.22. The monoisotopic (exact) mass is 269 g/mol. The number of hydrogen-bond donors (Lipinski definition) is 2. The second-order valence-corrected chi connectivity index (χ2v) is 5.69. The molecule has 0 bridgehead atoms. The Bertz CT molecular complexity index is 298. The number of hydrogen-bond acceptors (Lipinski definition) is 4. The Hall–Kier alpha value is -0.650. The molecule has 3 unspecified atom stereocenters. The number of rotatable bonds is 4. The maximum absolute atomic E-state index is 12.1. The van der Waals surface area contributed by atoms with Gasteiger partial charge in [-0.1, -0.05) is 19.8 Å². The molecule has 0 aromatic rings. The third-order valence-electron chi connectivity index (χ3n) is 4.33.